The second kappa shape index (κ2) is 9.16. The van der Waals surface area contributed by atoms with Crippen LogP contribution >= 0.6 is 11.8 Å². The van der Waals surface area contributed by atoms with Gasteiger partial charge < -0.3 is 5.32 Å². The molecular weight excluding hydrogens is 375 g/mol. The normalized spacial score (nSPS) is 11.5. The standard InChI is InChI=1S/C18H21FN2O3S2/c1-21(2)26(23,24)17-8-3-5-14(11-17)13-25-10-9-18(22)20-16-7-4-6-15(19)12-16/h3-8,11-12H,9-10,13H2,1-2H3,(H,20,22). The first-order chi connectivity index (χ1) is 12.3. The Kier molecular flexibility index (Phi) is 7.19. The summed E-state index contributed by atoms with van der Waals surface area (Å²) < 4.78 is 38.5. The van der Waals surface area contributed by atoms with E-state index in [1.807, 2.05) is 6.07 Å². The molecule has 0 aliphatic carbocycles. The van der Waals surface area contributed by atoms with Crippen molar-refractivity contribution in [3.05, 3.63) is 59.9 Å². The van der Waals surface area contributed by atoms with Gasteiger partial charge in [-0.15, -0.1) is 0 Å². The number of rotatable bonds is 8. The van der Waals surface area contributed by atoms with Crippen LogP contribution in [0.3, 0.4) is 0 Å². The van der Waals surface area contributed by atoms with Crippen molar-refractivity contribution in [1.29, 1.82) is 0 Å². The molecule has 0 saturated heterocycles. The molecule has 2 aromatic carbocycles. The average Bonchev–Trinajstić information content (AvgIpc) is 2.59. The van der Waals surface area contributed by atoms with E-state index in [0.717, 1.165) is 5.56 Å². The summed E-state index contributed by atoms with van der Waals surface area (Å²) in [5.41, 5.74) is 1.31. The summed E-state index contributed by atoms with van der Waals surface area (Å²) in [5, 5.41) is 2.65. The van der Waals surface area contributed by atoms with Crippen LogP contribution in [0, 0.1) is 5.82 Å². The van der Waals surface area contributed by atoms with Gasteiger partial charge in [0, 0.05) is 37.7 Å². The monoisotopic (exact) mass is 396 g/mol. The topological polar surface area (TPSA) is 66.5 Å². The Morgan fingerprint density at radius 3 is 2.58 bits per heavy atom. The zero-order valence-electron chi connectivity index (χ0n) is 14.6. The number of carbonyl (C=O) groups is 1. The van der Waals surface area contributed by atoms with Crippen LogP contribution in [0.2, 0.25) is 0 Å². The molecule has 5 nitrogen and oxygen atoms in total. The fraction of sp³-hybridized carbons (Fsp3) is 0.278. The summed E-state index contributed by atoms with van der Waals surface area (Å²) in [6.07, 6.45) is 0.289. The van der Waals surface area contributed by atoms with Gasteiger partial charge in [0.15, 0.2) is 0 Å². The molecule has 0 unspecified atom stereocenters. The molecule has 0 aromatic heterocycles. The number of hydrogen-bond donors (Lipinski definition) is 1. The van der Waals surface area contributed by atoms with Crippen LogP contribution in [0.1, 0.15) is 12.0 Å². The van der Waals surface area contributed by atoms with Crippen LogP contribution in [-0.4, -0.2) is 38.5 Å². The Morgan fingerprint density at radius 2 is 1.88 bits per heavy atom. The molecule has 26 heavy (non-hydrogen) atoms. The van der Waals surface area contributed by atoms with E-state index in [2.05, 4.69) is 5.32 Å². The summed E-state index contributed by atoms with van der Waals surface area (Å²) in [4.78, 5) is 12.1. The SMILES string of the molecule is CN(C)S(=O)(=O)c1cccc(CSCCC(=O)Nc2cccc(F)c2)c1. The quantitative estimate of drug-likeness (QED) is 0.695. The minimum Gasteiger partial charge on any atom is -0.326 e. The van der Waals surface area contributed by atoms with Gasteiger partial charge in [0.2, 0.25) is 15.9 Å². The van der Waals surface area contributed by atoms with E-state index in [1.165, 1.54) is 48.4 Å². The van der Waals surface area contributed by atoms with E-state index < -0.39 is 15.8 Å². The maximum absolute atomic E-state index is 13.1. The van der Waals surface area contributed by atoms with Gasteiger partial charge in [0.05, 0.1) is 4.90 Å². The number of hydrogen-bond acceptors (Lipinski definition) is 4. The van der Waals surface area contributed by atoms with Gasteiger partial charge in [-0.2, -0.15) is 11.8 Å². The fourth-order valence-corrected chi connectivity index (χ4v) is 4.01. The zero-order chi connectivity index (χ0) is 19.2. The van der Waals surface area contributed by atoms with Crippen molar-refractivity contribution in [3.63, 3.8) is 0 Å². The summed E-state index contributed by atoms with van der Waals surface area (Å²) >= 11 is 1.53. The van der Waals surface area contributed by atoms with Crippen LogP contribution in [0.5, 0.6) is 0 Å². The van der Waals surface area contributed by atoms with Crippen LogP contribution in [0.4, 0.5) is 10.1 Å². The highest BCUT2D eigenvalue weighted by atomic mass is 32.2. The third-order valence-electron chi connectivity index (χ3n) is 3.53. The number of benzene rings is 2. The summed E-state index contributed by atoms with van der Waals surface area (Å²) in [5.74, 6) is 0.590. The number of nitrogens with zero attached hydrogens (tertiary/aromatic N) is 1. The van der Waals surface area contributed by atoms with Crippen LogP contribution in [-0.2, 0) is 20.6 Å². The zero-order valence-corrected chi connectivity index (χ0v) is 16.2. The molecule has 0 saturated carbocycles. The Bertz CT molecular complexity index is 870. The first kappa shape index (κ1) is 20.4. The molecule has 0 aliphatic rings. The molecule has 140 valence electrons. The van der Waals surface area contributed by atoms with E-state index in [0.29, 0.717) is 17.2 Å². The Morgan fingerprint density at radius 1 is 1.15 bits per heavy atom. The molecule has 2 rings (SSSR count). The second-order valence-electron chi connectivity index (χ2n) is 5.80. The average molecular weight is 397 g/mol. The number of nitrogens with one attached hydrogen (secondary N) is 1. The lowest BCUT2D eigenvalue weighted by Gasteiger charge is -2.12. The molecule has 8 heteroatoms. The number of halogens is 1. The molecule has 1 N–H and O–H groups in total. The molecule has 0 aliphatic heterocycles. The minimum absolute atomic E-state index is 0.188. The van der Waals surface area contributed by atoms with E-state index in [4.69, 9.17) is 0 Å². The van der Waals surface area contributed by atoms with E-state index in [1.54, 1.807) is 24.3 Å². The highest BCUT2D eigenvalue weighted by Crippen LogP contribution is 2.19. The third-order valence-corrected chi connectivity index (χ3v) is 6.37. The lowest BCUT2D eigenvalue weighted by molar-refractivity contribution is -0.115. The first-order valence-corrected chi connectivity index (χ1v) is 10.5. The van der Waals surface area contributed by atoms with Crippen LogP contribution in [0.25, 0.3) is 0 Å². The van der Waals surface area contributed by atoms with Gasteiger partial charge >= 0.3 is 0 Å². The second-order valence-corrected chi connectivity index (χ2v) is 9.05. The molecular formula is C18H21FN2O3S2. The summed E-state index contributed by atoms with van der Waals surface area (Å²) in [6, 6.07) is 12.5. The first-order valence-electron chi connectivity index (χ1n) is 7.93. The van der Waals surface area contributed by atoms with Crippen LogP contribution in [0.15, 0.2) is 53.4 Å². The Labute approximate surface area is 157 Å². The van der Waals surface area contributed by atoms with E-state index in [-0.39, 0.29) is 17.2 Å². The van der Waals surface area contributed by atoms with Gasteiger partial charge in [0.25, 0.3) is 0 Å². The number of sulfonamides is 1. The van der Waals surface area contributed by atoms with Crippen LogP contribution < -0.4 is 5.32 Å². The fourth-order valence-electron chi connectivity index (χ4n) is 2.15. The largest absolute Gasteiger partial charge is 0.326 e. The summed E-state index contributed by atoms with van der Waals surface area (Å²) in [6.45, 7) is 0. The third kappa shape index (κ3) is 5.82. The van der Waals surface area contributed by atoms with Gasteiger partial charge in [0.1, 0.15) is 5.82 Å². The van der Waals surface area contributed by atoms with Crippen molar-refractivity contribution < 1.29 is 17.6 Å². The Hall–Kier alpha value is -1.90. The van der Waals surface area contributed by atoms with Crippen molar-refractivity contribution in [2.45, 2.75) is 17.1 Å². The van der Waals surface area contributed by atoms with Gasteiger partial charge in [-0.05, 0) is 35.9 Å². The van der Waals surface area contributed by atoms with Crippen molar-refractivity contribution >= 4 is 33.4 Å². The predicted molar refractivity (Wildman–Crippen MR) is 103 cm³/mol. The van der Waals surface area contributed by atoms with E-state index in [9.17, 15) is 17.6 Å². The number of thioether (sulfide) groups is 1. The van der Waals surface area contributed by atoms with Crippen molar-refractivity contribution in [3.8, 4) is 0 Å². The van der Waals surface area contributed by atoms with Gasteiger partial charge in [-0.25, -0.2) is 17.1 Å². The maximum Gasteiger partial charge on any atom is 0.242 e. The molecule has 0 atom stereocenters. The highest BCUT2D eigenvalue weighted by Gasteiger charge is 2.17. The van der Waals surface area contributed by atoms with Crippen molar-refractivity contribution in [2.24, 2.45) is 0 Å². The lowest BCUT2D eigenvalue weighted by atomic mass is 10.2. The minimum atomic E-state index is -3.45. The van der Waals surface area contributed by atoms with Gasteiger partial charge in [-0.1, -0.05) is 18.2 Å². The number of amides is 1. The smallest absolute Gasteiger partial charge is 0.242 e. The predicted octanol–water partition coefficient (Wildman–Crippen LogP) is 3.34. The van der Waals surface area contributed by atoms with Gasteiger partial charge in [-0.3, -0.25) is 4.79 Å². The van der Waals surface area contributed by atoms with Crippen molar-refractivity contribution in [1.82, 2.24) is 4.31 Å². The van der Waals surface area contributed by atoms with Crippen molar-refractivity contribution in [2.75, 3.05) is 25.2 Å². The molecule has 0 radical (unpaired) electrons. The molecule has 0 fully saturated rings. The number of anilines is 1. The molecule has 0 heterocycles. The molecule has 1 amide bonds. The molecule has 0 bridgehead atoms. The Balaban J connectivity index is 1.82. The summed E-state index contributed by atoms with van der Waals surface area (Å²) in [7, 11) is -0.464. The number of carbonyl (C=O) groups excluding carboxylic acids is 1. The maximum atomic E-state index is 13.1. The molecule has 0 spiro atoms. The lowest BCUT2D eigenvalue weighted by Crippen LogP contribution is -2.22. The molecule has 2 aromatic rings. The van der Waals surface area contributed by atoms with E-state index >= 15 is 0 Å². The highest BCUT2D eigenvalue weighted by molar-refractivity contribution is 7.98.